The number of nitrogens with one attached hydrogen (secondary N) is 1. The minimum Gasteiger partial charge on any atom is -0.486 e. The lowest BCUT2D eigenvalue weighted by molar-refractivity contribution is 0.171. The van der Waals surface area contributed by atoms with Crippen molar-refractivity contribution in [2.45, 2.75) is 12.8 Å². The van der Waals surface area contributed by atoms with Gasteiger partial charge in [-0.2, -0.15) is 0 Å². The second-order valence-corrected chi connectivity index (χ2v) is 4.68. The van der Waals surface area contributed by atoms with Gasteiger partial charge in [-0.1, -0.05) is 6.92 Å². The molecule has 2 heterocycles. The molecule has 5 heteroatoms. The summed E-state index contributed by atoms with van der Waals surface area (Å²) in [7, 11) is 0. The summed E-state index contributed by atoms with van der Waals surface area (Å²) in [6.45, 7) is 3.82. The average molecular weight is 259 g/mol. The maximum absolute atomic E-state index is 5.65. The molecule has 0 saturated carbocycles. The second kappa shape index (κ2) is 4.93. The molecule has 2 aromatic rings. The van der Waals surface area contributed by atoms with Gasteiger partial charge in [0.25, 0.3) is 0 Å². The van der Waals surface area contributed by atoms with E-state index in [0.717, 1.165) is 28.6 Å². The van der Waals surface area contributed by atoms with Crippen LogP contribution in [0.2, 0.25) is 0 Å². The van der Waals surface area contributed by atoms with E-state index in [0.29, 0.717) is 19.8 Å². The lowest BCUT2D eigenvalue weighted by atomic mass is 10.1. The molecule has 0 radical (unpaired) electrons. The lowest BCUT2D eigenvalue weighted by Crippen LogP contribution is -2.15. The molecular formula is C14H17N3O2. The molecule has 5 nitrogen and oxygen atoms in total. The molecule has 1 atom stereocenters. The number of imidazole rings is 1. The van der Waals surface area contributed by atoms with Gasteiger partial charge >= 0.3 is 0 Å². The summed E-state index contributed by atoms with van der Waals surface area (Å²) >= 11 is 0. The minimum atomic E-state index is 0.228. The van der Waals surface area contributed by atoms with E-state index in [1.807, 2.05) is 31.3 Å². The predicted molar refractivity (Wildman–Crippen MR) is 72.5 cm³/mol. The van der Waals surface area contributed by atoms with Crippen LogP contribution in [0.15, 0.2) is 24.4 Å². The van der Waals surface area contributed by atoms with E-state index < -0.39 is 0 Å². The Labute approximate surface area is 111 Å². The molecule has 1 aromatic heterocycles. The van der Waals surface area contributed by atoms with Gasteiger partial charge in [0.05, 0.1) is 11.9 Å². The number of ether oxygens (including phenoxy) is 2. The summed E-state index contributed by atoms with van der Waals surface area (Å²) in [6.07, 6.45) is 1.83. The Morgan fingerprint density at radius 1 is 1.32 bits per heavy atom. The first-order chi connectivity index (χ1) is 9.28. The van der Waals surface area contributed by atoms with Crippen molar-refractivity contribution in [2.75, 3.05) is 19.8 Å². The van der Waals surface area contributed by atoms with Gasteiger partial charge in [0, 0.05) is 18.0 Å². The topological polar surface area (TPSA) is 73.2 Å². The zero-order valence-electron chi connectivity index (χ0n) is 10.8. The van der Waals surface area contributed by atoms with Crippen molar-refractivity contribution in [1.29, 1.82) is 0 Å². The van der Waals surface area contributed by atoms with E-state index in [9.17, 15) is 0 Å². The van der Waals surface area contributed by atoms with E-state index in [4.69, 9.17) is 15.2 Å². The Hall–Kier alpha value is -2.01. The molecule has 1 aliphatic heterocycles. The molecule has 1 aromatic carbocycles. The van der Waals surface area contributed by atoms with Crippen LogP contribution in [0, 0.1) is 0 Å². The zero-order valence-corrected chi connectivity index (χ0v) is 10.8. The smallest absolute Gasteiger partial charge is 0.162 e. The van der Waals surface area contributed by atoms with E-state index in [1.54, 1.807) is 0 Å². The Morgan fingerprint density at radius 3 is 2.89 bits per heavy atom. The molecule has 1 unspecified atom stereocenters. The van der Waals surface area contributed by atoms with Crippen LogP contribution in [-0.2, 0) is 0 Å². The third-order valence-corrected chi connectivity index (χ3v) is 3.27. The van der Waals surface area contributed by atoms with Crippen LogP contribution < -0.4 is 15.2 Å². The van der Waals surface area contributed by atoms with Crippen molar-refractivity contribution in [3.63, 3.8) is 0 Å². The second-order valence-electron chi connectivity index (χ2n) is 4.68. The summed E-state index contributed by atoms with van der Waals surface area (Å²) in [5.74, 6) is 2.72. The molecule has 0 bridgehead atoms. The van der Waals surface area contributed by atoms with Gasteiger partial charge in [0.1, 0.15) is 19.0 Å². The van der Waals surface area contributed by atoms with Crippen molar-refractivity contribution >= 4 is 0 Å². The highest BCUT2D eigenvalue weighted by Crippen LogP contribution is 2.34. The summed E-state index contributed by atoms with van der Waals surface area (Å²) in [4.78, 5) is 7.67. The molecule has 3 rings (SSSR count). The molecule has 0 amide bonds. The van der Waals surface area contributed by atoms with Crippen LogP contribution in [0.3, 0.4) is 0 Å². The number of hydrogen-bond acceptors (Lipinski definition) is 4. The van der Waals surface area contributed by atoms with Gasteiger partial charge in [0.15, 0.2) is 11.5 Å². The van der Waals surface area contributed by atoms with Crippen molar-refractivity contribution in [1.82, 2.24) is 9.97 Å². The highest BCUT2D eigenvalue weighted by atomic mass is 16.6. The van der Waals surface area contributed by atoms with Crippen molar-refractivity contribution in [3.05, 3.63) is 30.2 Å². The largest absolute Gasteiger partial charge is 0.486 e. The van der Waals surface area contributed by atoms with E-state index in [1.165, 1.54) is 0 Å². The highest BCUT2D eigenvalue weighted by Gasteiger charge is 2.14. The van der Waals surface area contributed by atoms with Crippen molar-refractivity contribution in [3.8, 4) is 22.8 Å². The fourth-order valence-electron chi connectivity index (χ4n) is 2.06. The number of H-pyrrole nitrogens is 1. The summed E-state index contributed by atoms with van der Waals surface area (Å²) in [5.41, 5.74) is 7.65. The first kappa shape index (κ1) is 12.0. The third kappa shape index (κ3) is 2.29. The standard InChI is InChI=1S/C14H17N3O2/c1-9(7-15)14-16-8-11(17-14)10-2-3-12-13(6-10)19-5-4-18-12/h2-3,6,8-9H,4-5,7,15H2,1H3,(H,16,17). The predicted octanol–water partition coefficient (Wildman–Crippen LogP) is 1.91. The summed E-state index contributed by atoms with van der Waals surface area (Å²) < 4.78 is 11.1. The molecule has 0 aliphatic carbocycles. The van der Waals surface area contributed by atoms with Gasteiger partial charge in [-0.15, -0.1) is 0 Å². The molecule has 0 fully saturated rings. The van der Waals surface area contributed by atoms with Gasteiger partial charge in [-0.05, 0) is 18.2 Å². The van der Waals surface area contributed by atoms with Gasteiger partial charge in [-0.25, -0.2) is 4.98 Å². The fraction of sp³-hybridized carbons (Fsp3) is 0.357. The fourth-order valence-corrected chi connectivity index (χ4v) is 2.06. The number of hydrogen-bond donors (Lipinski definition) is 2. The van der Waals surface area contributed by atoms with Crippen LogP contribution in [0.4, 0.5) is 0 Å². The normalized spacial score (nSPS) is 15.3. The molecule has 0 saturated heterocycles. The maximum Gasteiger partial charge on any atom is 0.162 e. The number of aromatic nitrogens is 2. The Balaban J connectivity index is 1.91. The zero-order chi connectivity index (χ0) is 13.2. The van der Waals surface area contributed by atoms with Crippen LogP contribution >= 0.6 is 0 Å². The van der Waals surface area contributed by atoms with Crippen LogP contribution in [0.5, 0.6) is 11.5 Å². The summed E-state index contributed by atoms with van der Waals surface area (Å²) in [5, 5.41) is 0. The Kier molecular flexibility index (Phi) is 3.13. The van der Waals surface area contributed by atoms with Crippen molar-refractivity contribution in [2.24, 2.45) is 5.73 Å². The molecule has 3 N–H and O–H groups in total. The van der Waals surface area contributed by atoms with Crippen LogP contribution in [-0.4, -0.2) is 29.7 Å². The molecule has 0 spiro atoms. The maximum atomic E-state index is 5.65. The van der Waals surface area contributed by atoms with Gasteiger partial charge in [-0.3, -0.25) is 0 Å². The highest BCUT2D eigenvalue weighted by molar-refractivity contribution is 5.63. The molecule has 1 aliphatic rings. The minimum absolute atomic E-state index is 0.228. The molecule has 19 heavy (non-hydrogen) atoms. The number of rotatable bonds is 3. The monoisotopic (exact) mass is 259 g/mol. The van der Waals surface area contributed by atoms with Crippen molar-refractivity contribution < 1.29 is 9.47 Å². The number of aromatic amines is 1. The first-order valence-corrected chi connectivity index (χ1v) is 6.43. The SMILES string of the molecule is CC(CN)c1ncc(-c2ccc3c(c2)OCCO3)[nH]1. The molecule has 100 valence electrons. The van der Waals surface area contributed by atoms with E-state index in [-0.39, 0.29) is 5.92 Å². The quantitative estimate of drug-likeness (QED) is 0.883. The van der Waals surface area contributed by atoms with E-state index in [2.05, 4.69) is 9.97 Å². The first-order valence-electron chi connectivity index (χ1n) is 6.43. The van der Waals surface area contributed by atoms with Crippen LogP contribution in [0.1, 0.15) is 18.7 Å². The van der Waals surface area contributed by atoms with Gasteiger partial charge in [0.2, 0.25) is 0 Å². The van der Waals surface area contributed by atoms with Crippen LogP contribution in [0.25, 0.3) is 11.3 Å². The lowest BCUT2D eigenvalue weighted by Gasteiger charge is -2.18. The average Bonchev–Trinajstić information content (AvgIpc) is 2.95. The number of benzene rings is 1. The Bertz CT molecular complexity index is 580. The third-order valence-electron chi connectivity index (χ3n) is 3.27. The number of nitrogens with zero attached hydrogens (tertiary/aromatic N) is 1. The number of nitrogens with two attached hydrogens (primary N) is 1. The van der Waals surface area contributed by atoms with E-state index >= 15 is 0 Å². The Morgan fingerprint density at radius 2 is 2.11 bits per heavy atom. The van der Waals surface area contributed by atoms with Gasteiger partial charge < -0.3 is 20.2 Å². The summed E-state index contributed by atoms with van der Waals surface area (Å²) in [6, 6.07) is 5.90. The number of fused-ring (bicyclic) bond motifs is 1. The molecular weight excluding hydrogens is 242 g/mol.